The van der Waals surface area contributed by atoms with E-state index in [2.05, 4.69) is 38.6 Å². The summed E-state index contributed by atoms with van der Waals surface area (Å²) >= 11 is 0. The van der Waals surface area contributed by atoms with Crippen LogP contribution >= 0.6 is 7.26 Å². The second-order valence-corrected chi connectivity index (χ2v) is 18.6. The van der Waals surface area contributed by atoms with Gasteiger partial charge in [0, 0.05) is 0 Å². The number of hydrogen-bond acceptors (Lipinski definition) is 0. The Morgan fingerprint density at radius 2 is 0.738 bits per heavy atom. The van der Waals surface area contributed by atoms with Crippen LogP contribution in [0.5, 0.6) is 0 Å². The van der Waals surface area contributed by atoms with Gasteiger partial charge < -0.3 is 0 Å². The van der Waals surface area contributed by atoms with Crippen molar-refractivity contribution < 1.29 is 0 Å². The molecule has 0 fully saturated rings. The summed E-state index contributed by atoms with van der Waals surface area (Å²) in [6.45, 7) is 7.02. The zero-order valence-corrected chi connectivity index (χ0v) is 30.8. The van der Waals surface area contributed by atoms with Crippen LogP contribution in [-0.4, -0.2) is 18.5 Å². The zero-order chi connectivity index (χ0) is 30.7. The third-order valence-electron chi connectivity index (χ3n) is 9.88. The van der Waals surface area contributed by atoms with Crippen molar-refractivity contribution in [2.75, 3.05) is 18.5 Å². The second kappa shape index (κ2) is 35.2. The second-order valence-electron chi connectivity index (χ2n) is 13.9. The van der Waals surface area contributed by atoms with E-state index in [1.54, 1.807) is 0 Å². The summed E-state index contributed by atoms with van der Waals surface area (Å²) in [4.78, 5) is 0. The molecule has 0 heterocycles. The van der Waals surface area contributed by atoms with Crippen molar-refractivity contribution in [1.29, 1.82) is 0 Å². The molecule has 0 rings (SSSR count). The first-order valence-corrected chi connectivity index (χ1v) is 22.6. The fourth-order valence-corrected chi connectivity index (χ4v) is 10.00. The molecule has 250 valence electrons. The minimum Gasteiger partial charge on any atom is -0.0654 e. The Labute approximate surface area is 269 Å². The average Bonchev–Trinajstić information content (AvgIpc) is 3.00. The van der Waals surface area contributed by atoms with Gasteiger partial charge in [0.2, 0.25) is 0 Å². The van der Waals surface area contributed by atoms with Gasteiger partial charge in [-0.05, 0) is 0 Å². The van der Waals surface area contributed by atoms with Crippen LogP contribution in [-0.2, 0) is 0 Å². The van der Waals surface area contributed by atoms with Crippen LogP contribution < -0.4 is 0 Å². The molecule has 0 aromatic heterocycles. The average molecular weight is 605 g/mol. The van der Waals surface area contributed by atoms with Crippen LogP contribution in [0.3, 0.4) is 0 Å². The summed E-state index contributed by atoms with van der Waals surface area (Å²) in [5, 5.41) is 0. The Balaban J connectivity index is 3.70. The SMILES string of the molecule is C#CC[PH](C=CCCCCCCCCCCCCCCCC)(CC)CCCCCCCCCCCCCCCCCC. The summed E-state index contributed by atoms with van der Waals surface area (Å²) in [5.74, 6) is 5.75. The smallest absolute Gasteiger partial charge is 0.0654 e. The van der Waals surface area contributed by atoms with E-state index in [9.17, 15) is 0 Å². The standard InChI is InChI=1S/C41H81P/c1-5-9-11-13-15-17-19-21-23-25-27-29-31-33-35-37-40-42(8-4,39-7-3)41-38-36-34-32-30-28-26-24-22-20-18-16-14-12-10-6-2/h3,37,40,42H,5-6,8-36,38-39,41H2,1-2,4H3. The predicted octanol–water partition coefficient (Wildman–Crippen LogP) is 15.0. The molecule has 0 aromatic carbocycles. The normalized spacial score (nSPS) is 12.3. The third-order valence-corrected chi connectivity index (χ3v) is 14.5. The van der Waals surface area contributed by atoms with Crippen molar-refractivity contribution in [2.45, 2.75) is 220 Å². The molecular formula is C41H81P. The van der Waals surface area contributed by atoms with Crippen molar-refractivity contribution in [2.24, 2.45) is 0 Å². The van der Waals surface area contributed by atoms with Crippen LogP contribution in [0.1, 0.15) is 220 Å². The number of allylic oxidation sites excluding steroid dienone is 1. The van der Waals surface area contributed by atoms with Gasteiger partial charge in [0.15, 0.2) is 0 Å². The number of hydrogen-bond donors (Lipinski definition) is 0. The van der Waals surface area contributed by atoms with Gasteiger partial charge in [0.25, 0.3) is 0 Å². The molecule has 0 saturated carbocycles. The van der Waals surface area contributed by atoms with Gasteiger partial charge in [-0.2, -0.15) is 0 Å². The van der Waals surface area contributed by atoms with Gasteiger partial charge in [-0.15, -0.1) is 0 Å². The third kappa shape index (κ3) is 29.8. The quantitative estimate of drug-likeness (QED) is 0.0383. The maximum absolute atomic E-state index is 5.86. The molecule has 0 atom stereocenters. The Bertz CT molecular complexity index is 572. The van der Waals surface area contributed by atoms with E-state index in [0.717, 1.165) is 6.16 Å². The molecule has 42 heavy (non-hydrogen) atoms. The van der Waals surface area contributed by atoms with Crippen molar-refractivity contribution >= 4 is 7.26 Å². The predicted molar refractivity (Wildman–Crippen MR) is 201 cm³/mol. The monoisotopic (exact) mass is 605 g/mol. The van der Waals surface area contributed by atoms with Gasteiger partial charge in [0.1, 0.15) is 0 Å². The van der Waals surface area contributed by atoms with Crippen molar-refractivity contribution in [1.82, 2.24) is 0 Å². The van der Waals surface area contributed by atoms with Crippen LogP contribution in [0.25, 0.3) is 0 Å². The molecule has 0 aromatic rings. The summed E-state index contributed by atoms with van der Waals surface area (Å²) in [5.41, 5.74) is 0. The minimum absolute atomic E-state index is 1.05. The maximum atomic E-state index is 5.86. The summed E-state index contributed by atoms with van der Waals surface area (Å²) in [7, 11) is -1.40. The minimum atomic E-state index is -1.40. The first kappa shape index (κ1) is 41.7. The number of unbranched alkanes of at least 4 members (excludes halogenated alkanes) is 29. The van der Waals surface area contributed by atoms with Crippen LogP contribution in [0, 0.1) is 12.3 Å². The molecule has 0 nitrogen and oxygen atoms in total. The molecule has 0 bridgehead atoms. The van der Waals surface area contributed by atoms with Crippen molar-refractivity contribution in [3.8, 4) is 12.3 Å². The van der Waals surface area contributed by atoms with Gasteiger partial charge >= 0.3 is 192 Å². The fraction of sp³-hybridized carbons (Fsp3) is 0.902. The molecule has 0 aliphatic heterocycles. The van der Waals surface area contributed by atoms with E-state index in [0.29, 0.717) is 0 Å². The van der Waals surface area contributed by atoms with Crippen LogP contribution in [0.15, 0.2) is 11.9 Å². The molecule has 0 saturated heterocycles. The van der Waals surface area contributed by atoms with Crippen LogP contribution in [0.4, 0.5) is 0 Å². The van der Waals surface area contributed by atoms with E-state index in [1.807, 2.05) is 0 Å². The van der Waals surface area contributed by atoms with E-state index in [1.165, 1.54) is 211 Å². The van der Waals surface area contributed by atoms with E-state index >= 15 is 0 Å². The number of rotatable bonds is 35. The van der Waals surface area contributed by atoms with Crippen molar-refractivity contribution in [3.05, 3.63) is 11.9 Å². The first-order valence-electron chi connectivity index (χ1n) is 19.9. The zero-order valence-electron chi connectivity index (χ0n) is 29.8. The van der Waals surface area contributed by atoms with Gasteiger partial charge in [-0.3, -0.25) is 0 Å². The Hall–Kier alpha value is -0.270. The first-order chi connectivity index (χ1) is 20.7. The molecule has 0 aliphatic carbocycles. The summed E-state index contributed by atoms with van der Waals surface area (Å²) in [6.07, 6.45) is 56.8. The summed E-state index contributed by atoms with van der Waals surface area (Å²) < 4.78 is 0. The molecule has 0 N–H and O–H groups in total. The summed E-state index contributed by atoms with van der Waals surface area (Å²) in [6, 6.07) is 0. The Kier molecular flexibility index (Phi) is 35.0. The number of terminal acetylenes is 1. The van der Waals surface area contributed by atoms with Gasteiger partial charge in [-0.1, -0.05) is 78.1 Å². The Morgan fingerprint density at radius 3 is 1.05 bits per heavy atom. The van der Waals surface area contributed by atoms with E-state index < -0.39 is 7.26 Å². The molecular weight excluding hydrogens is 523 g/mol. The molecule has 0 radical (unpaired) electrons. The fourth-order valence-electron chi connectivity index (χ4n) is 6.67. The molecule has 0 amide bonds. The topological polar surface area (TPSA) is 0 Å². The van der Waals surface area contributed by atoms with E-state index in [4.69, 9.17) is 6.42 Å². The molecule has 0 unspecified atom stereocenters. The van der Waals surface area contributed by atoms with Gasteiger partial charge in [-0.25, -0.2) is 0 Å². The van der Waals surface area contributed by atoms with Crippen molar-refractivity contribution in [3.63, 3.8) is 0 Å². The molecule has 0 spiro atoms. The molecule has 1 heteroatoms. The van der Waals surface area contributed by atoms with Crippen LogP contribution in [0.2, 0.25) is 0 Å². The van der Waals surface area contributed by atoms with Gasteiger partial charge in [0.05, 0.1) is 0 Å². The Morgan fingerprint density at radius 1 is 0.429 bits per heavy atom. The van der Waals surface area contributed by atoms with E-state index in [-0.39, 0.29) is 0 Å². The molecule has 0 aliphatic rings.